The van der Waals surface area contributed by atoms with E-state index in [0.29, 0.717) is 6.42 Å². The number of nitrogens with zero attached hydrogens (tertiary/aromatic N) is 2. The minimum Gasteiger partial charge on any atom is -0.373 e. The third kappa shape index (κ3) is 2.31. The zero-order valence-electron chi connectivity index (χ0n) is 7.25. The van der Waals surface area contributed by atoms with E-state index >= 15 is 0 Å². The average molecular weight is 163 g/mol. The molecule has 0 bridgehead atoms. The molecule has 0 aromatic carbocycles. The van der Waals surface area contributed by atoms with E-state index in [2.05, 4.69) is 16.0 Å². The fourth-order valence-electron chi connectivity index (χ4n) is 1.08. The molecule has 1 rings (SSSR count). The fourth-order valence-corrected chi connectivity index (χ4v) is 1.08. The molecule has 0 atom stereocenters. The van der Waals surface area contributed by atoms with Crippen molar-refractivity contribution in [1.82, 2.24) is 4.98 Å². The number of unbranched alkanes of at least 4 members (excludes halogenated alkanes) is 1. The van der Waals surface area contributed by atoms with Crippen molar-refractivity contribution in [3.05, 3.63) is 18.5 Å². The van der Waals surface area contributed by atoms with Gasteiger partial charge >= 0.3 is 0 Å². The molecule has 0 aliphatic carbocycles. The second kappa shape index (κ2) is 4.45. The van der Waals surface area contributed by atoms with Gasteiger partial charge in [0.05, 0.1) is 11.8 Å². The van der Waals surface area contributed by atoms with Crippen molar-refractivity contribution in [3.63, 3.8) is 0 Å². The Morgan fingerprint density at radius 1 is 1.67 bits per heavy atom. The van der Waals surface area contributed by atoms with Crippen LogP contribution in [0, 0.1) is 11.3 Å². The van der Waals surface area contributed by atoms with Crippen LogP contribution in [0.3, 0.4) is 0 Å². The summed E-state index contributed by atoms with van der Waals surface area (Å²) in [5, 5.41) is 8.34. The number of H-pyrrole nitrogens is 1. The molecule has 0 radical (unpaired) electrons. The molecular weight excluding hydrogens is 150 g/mol. The summed E-state index contributed by atoms with van der Waals surface area (Å²) in [7, 11) is 2.03. The SMILES string of the molecule is CN(CCCC#N)c1cc[nH]c1. The van der Waals surface area contributed by atoms with Gasteiger partial charge in [-0.25, -0.2) is 0 Å². The highest BCUT2D eigenvalue weighted by atomic mass is 15.1. The third-order valence-corrected chi connectivity index (χ3v) is 1.80. The van der Waals surface area contributed by atoms with Crippen LogP contribution in [-0.2, 0) is 0 Å². The Morgan fingerprint density at radius 3 is 3.08 bits per heavy atom. The van der Waals surface area contributed by atoms with Gasteiger partial charge in [0.25, 0.3) is 0 Å². The summed E-state index contributed by atoms with van der Waals surface area (Å²) in [4.78, 5) is 5.13. The lowest BCUT2D eigenvalue weighted by atomic mass is 10.3. The molecule has 12 heavy (non-hydrogen) atoms. The van der Waals surface area contributed by atoms with Crippen LogP contribution in [-0.4, -0.2) is 18.6 Å². The number of nitrogens with one attached hydrogen (secondary N) is 1. The summed E-state index contributed by atoms with van der Waals surface area (Å²) in [6.07, 6.45) is 5.41. The minimum absolute atomic E-state index is 0.634. The van der Waals surface area contributed by atoms with E-state index < -0.39 is 0 Å². The van der Waals surface area contributed by atoms with Gasteiger partial charge in [0.1, 0.15) is 0 Å². The molecule has 64 valence electrons. The Labute approximate surface area is 72.6 Å². The van der Waals surface area contributed by atoms with Crippen LogP contribution in [0.15, 0.2) is 18.5 Å². The lowest BCUT2D eigenvalue weighted by molar-refractivity contribution is 0.807. The van der Waals surface area contributed by atoms with Crippen LogP contribution in [0.2, 0.25) is 0 Å². The summed E-state index contributed by atoms with van der Waals surface area (Å²) in [6, 6.07) is 4.15. The number of anilines is 1. The van der Waals surface area contributed by atoms with Crippen molar-refractivity contribution < 1.29 is 0 Å². The molecule has 0 unspecified atom stereocenters. The summed E-state index contributed by atoms with van der Waals surface area (Å²) >= 11 is 0. The zero-order chi connectivity index (χ0) is 8.81. The first-order chi connectivity index (χ1) is 5.84. The summed E-state index contributed by atoms with van der Waals surface area (Å²) in [6.45, 7) is 0.936. The Kier molecular flexibility index (Phi) is 3.21. The van der Waals surface area contributed by atoms with Crippen molar-refractivity contribution in [1.29, 1.82) is 5.26 Å². The van der Waals surface area contributed by atoms with Crippen molar-refractivity contribution in [3.8, 4) is 6.07 Å². The summed E-state index contributed by atoms with van der Waals surface area (Å²) in [5.41, 5.74) is 1.17. The molecule has 0 aliphatic heterocycles. The van der Waals surface area contributed by atoms with Crippen molar-refractivity contribution in [2.24, 2.45) is 0 Å². The topological polar surface area (TPSA) is 42.8 Å². The first kappa shape index (κ1) is 8.66. The highest BCUT2D eigenvalue weighted by molar-refractivity contribution is 5.42. The molecule has 1 aromatic heterocycles. The molecule has 1 heterocycles. The number of aromatic amines is 1. The minimum atomic E-state index is 0.634. The van der Waals surface area contributed by atoms with Crippen LogP contribution in [0.25, 0.3) is 0 Å². The maximum Gasteiger partial charge on any atom is 0.0622 e. The number of hydrogen-bond donors (Lipinski definition) is 1. The van der Waals surface area contributed by atoms with Gasteiger partial charge in [0.2, 0.25) is 0 Å². The molecule has 1 N–H and O–H groups in total. The Morgan fingerprint density at radius 2 is 2.50 bits per heavy atom. The first-order valence-corrected chi connectivity index (χ1v) is 4.05. The molecule has 0 saturated carbocycles. The van der Waals surface area contributed by atoms with Crippen molar-refractivity contribution >= 4 is 5.69 Å². The monoisotopic (exact) mass is 163 g/mol. The van der Waals surface area contributed by atoms with E-state index in [4.69, 9.17) is 5.26 Å². The number of nitriles is 1. The third-order valence-electron chi connectivity index (χ3n) is 1.80. The molecule has 0 spiro atoms. The van der Waals surface area contributed by atoms with Gasteiger partial charge in [-0.2, -0.15) is 5.26 Å². The van der Waals surface area contributed by atoms with Crippen LogP contribution in [0.4, 0.5) is 5.69 Å². The zero-order valence-corrected chi connectivity index (χ0v) is 7.25. The van der Waals surface area contributed by atoms with E-state index in [1.54, 1.807) is 0 Å². The van der Waals surface area contributed by atoms with E-state index in [0.717, 1.165) is 13.0 Å². The van der Waals surface area contributed by atoms with Gasteiger partial charge in [-0.3, -0.25) is 0 Å². The number of aromatic nitrogens is 1. The molecule has 0 aliphatic rings. The van der Waals surface area contributed by atoms with Gasteiger partial charge in [0.15, 0.2) is 0 Å². The second-order valence-corrected chi connectivity index (χ2v) is 2.75. The Hall–Kier alpha value is -1.43. The number of rotatable bonds is 4. The van der Waals surface area contributed by atoms with Gasteiger partial charge in [-0.15, -0.1) is 0 Å². The lowest BCUT2D eigenvalue weighted by Crippen LogP contribution is -2.17. The summed E-state index contributed by atoms with van der Waals surface area (Å²) in [5.74, 6) is 0. The average Bonchev–Trinajstić information content (AvgIpc) is 2.56. The predicted octanol–water partition coefficient (Wildman–Crippen LogP) is 1.75. The van der Waals surface area contributed by atoms with Crippen molar-refractivity contribution in [2.75, 3.05) is 18.5 Å². The van der Waals surface area contributed by atoms with Gasteiger partial charge in [-0.05, 0) is 12.5 Å². The fraction of sp³-hybridized carbons (Fsp3) is 0.444. The highest BCUT2D eigenvalue weighted by Crippen LogP contribution is 2.10. The van der Waals surface area contributed by atoms with Gasteiger partial charge in [0, 0.05) is 32.4 Å². The van der Waals surface area contributed by atoms with Crippen LogP contribution in [0.5, 0.6) is 0 Å². The maximum absolute atomic E-state index is 8.34. The Balaban J connectivity index is 2.30. The highest BCUT2D eigenvalue weighted by Gasteiger charge is 1.98. The molecule has 0 saturated heterocycles. The number of hydrogen-bond acceptors (Lipinski definition) is 2. The van der Waals surface area contributed by atoms with Gasteiger partial charge < -0.3 is 9.88 Å². The van der Waals surface area contributed by atoms with Crippen molar-refractivity contribution in [2.45, 2.75) is 12.8 Å². The normalized spacial score (nSPS) is 9.33. The molecule has 3 heteroatoms. The summed E-state index contributed by atoms with van der Waals surface area (Å²) < 4.78 is 0. The van der Waals surface area contributed by atoms with E-state index in [9.17, 15) is 0 Å². The largest absolute Gasteiger partial charge is 0.373 e. The van der Waals surface area contributed by atoms with E-state index in [1.165, 1.54) is 5.69 Å². The molecule has 3 nitrogen and oxygen atoms in total. The molecule has 0 fully saturated rings. The van der Waals surface area contributed by atoms with Crippen LogP contribution in [0.1, 0.15) is 12.8 Å². The van der Waals surface area contributed by atoms with Crippen LogP contribution < -0.4 is 4.90 Å². The first-order valence-electron chi connectivity index (χ1n) is 4.05. The van der Waals surface area contributed by atoms with Gasteiger partial charge in [-0.1, -0.05) is 0 Å². The smallest absolute Gasteiger partial charge is 0.0622 e. The standard InChI is InChI=1S/C9H13N3/c1-12(7-3-2-5-10)9-4-6-11-8-9/h4,6,8,11H,2-3,7H2,1H3. The molecule has 0 amide bonds. The second-order valence-electron chi connectivity index (χ2n) is 2.75. The quantitative estimate of drug-likeness (QED) is 0.687. The molecule has 1 aromatic rings. The lowest BCUT2D eigenvalue weighted by Gasteiger charge is -2.15. The van der Waals surface area contributed by atoms with Crippen LogP contribution >= 0.6 is 0 Å². The molecular formula is C9H13N3. The van der Waals surface area contributed by atoms with E-state index in [1.807, 2.05) is 25.5 Å². The predicted molar refractivity (Wildman–Crippen MR) is 48.9 cm³/mol. The Bertz CT molecular complexity index is 245. The van der Waals surface area contributed by atoms with E-state index in [-0.39, 0.29) is 0 Å². The maximum atomic E-state index is 8.34.